The number of fused-ring (bicyclic) bond motifs is 1. The Morgan fingerprint density at radius 3 is 2.32 bits per heavy atom. The lowest BCUT2D eigenvalue weighted by Crippen LogP contribution is -2.41. The van der Waals surface area contributed by atoms with Gasteiger partial charge in [0.1, 0.15) is 0 Å². The molecule has 2 aliphatic heterocycles. The Hall–Kier alpha value is -2.08. The predicted molar refractivity (Wildman–Crippen MR) is 109 cm³/mol. The third kappa shape index (κ3) is 3.17. The molecule has 4 rings (SSSR count). The van der Waals surface area contributed by atoms with E-state index >= 15 is 0 Å². The number of anilines is 2. The van der Waals surface area contributed by atoms with Gasteiger partial charge in [-0.2, -0.15) is 0 Å². The summed E-state index contributed by atoms with van der Waals surface area (Å²) in [6.07, 6.45) is -0.115. The number of hydroxylamine groups is 1. The van der Waals surface area contributed by atoms with Crippen molar-refractivity contribution in [2.45, 2.75) is 32.4 Å². The molecule has 0 saturated carbocycles. The number of amides is 2. The lowest BCUT2D eigenvalue weighted by Gasteiger charge is -2.29. The number of carbonyl (C=O) groups excluding carboxylic acids is 2. The van der Waals surface area contributed by atoms with Gasteiger partial charge in [-0.25, -0.2) is 9.96 Å². The van der Waals surface area contributed by atoms with Gasteiger partial charge in [-0.3, -0.25) is 14.4 Å². The van der Waals surface area contributed by atoms with Crippen LogP contribution in [0.3, 0.4) is 0 Å². The molecule has 2 aromatic carbocycles. The molecule has 2 saturated heterocycles. The summed E-state index contributed by atoms with van der Waals surface area (Å²) in [4.78, 5) is 33.6. The first-order chi connectivity index (χ1) is 13.4. The molecule has 28 heavy (non-hydrogen) atoms. The molecule has 3 atom stereocenters. The Bertz CT molecular complexity index is 919. The average molecular weight is 419 g/mol. The van der Waals surface area contributed by atoms with E-state index in [2.05, 4.69) is 13.8 Å². The number of carbonyl (C=O) groups is 2. The highest BCUT2D eigenvalue weighted by Gasteiger charge is 2.59. The van der Waals surface area contributed by atoms with Crippen molar-refractivity contribution in [2.24, 2.45) is 11.8 Å². The Balaban J connectivity index is 1.70. The molecule has 0 spiro atoms. The van der Waals surface area contributed by atoms with Crippen LogP contribution in [0.1, 0.15) is 20.3 Å². The first-order valence-corrected chi connectivity index (χ1v) is 9.98. The molecule has 7 heteroatoms. The molecule has 0 aliphatic carbocycles. The molecule has 2 aromatic rings. The second-order valence-electron chi connectivity index (χ2n) is 7.52. The van der Waals surface area contributed by atoms with Gasteiger partial charge in [0, 0.05) is 0 Å². The van der Waals surface area contributed by atoms with Crippen molar-refractivity contribution in [2.75, 3.05) is 9.96 Å². The predicted octanol–water partition coefficient (Wildman–Crippen LogP) is 4.72. The minimum Gasteiger partial charge on any atom is -0.273 e. The number of nitrogens with zero attached hydrogens (tertiary/aromatic N) is 2. The molecular formula is C21H20Cl2N2O3. The number of rotatable bonds is 4. The first kappa shape index (κ1) is 19.2. The minimum atomic E-state index is -0.842. The summed E-state index contributed by atoms with van der Waals surface area (Å²) in [5.74, 6) is -0.872. The number of halogens is 2. The van der Waals surface area contributed by atoms with Gasteiger partial charge in [0.25, 0.3) is 5.91 Å². The molecule has 5 nitrogen and oxygen atoms in total. The first-order valence-electron chi connectivity index (χ1n) is 9.22. The molecule has 2 fully saturated rings. The lowest BCUT2D eigenvalue weighted by molar-refractivity contribution is -0.126. The fraction of sp³-hybridized carbons (Fsp3) is 0.333. The standard InChI is InChI=1S/C21H20Cl2N2O3/c1-12(2)10-17-18-19(28-25(17)13-6-4-3-5-7-13)21(27)24(20(18)26)14-8-9-15(22)16(23)11-14/h3-9,11-12,17-19H,10H2,1-2H3/t17-,18-,19+/m1/s1. The number of benzene rings is 2. The van der Waals surface area contributed by atoms with Crippen LogP contribution in [0, 0.1) is 11.8 Å². The highest BCUT2D eigenvalue weighted by Crippen LogP contribution is 2.42. The highest BCUT2D eigenvalue weighted by molar-refractivity contribution is 6.42. The van der Waals surface area contributed by atoms with Gasteiger partial charge in [-0.05, 0) is 42.7 Å². The Morgan fingerprint density at radius 1 is 0.964 bits per heavy atom. The fourth-order valence-corrected chi connectivity index (χ4v) is 4.21. The summed E-state index contributed by atoms with van der Waals surface area (Å²) >= 11 is 12.1. The van der Waals surface area contributed by atoms with Crippen LogP contribution in [-0.4, -0.2) is 24.0 Å². The van der Waals surface area contributed by atoms with Gasteiger partial charge in [0.05, 0.1) is 33.4 Å². The van der Waals surface area contributed by atoms with E-state index in [1.54, 1.807) is 17.2 Å². The number of imide groups is 1. The summed E-state index contributed by atoms with van der Waals surface area (Å²) in [7, 11) is 0. The van der Waals surface area contributed by atoms with Crippen molar-refractivity contribution >= 4 is 46.4 Å². The SMILES string of the molecule is CC(C)C[C@@H]1[C@H]2C(=O)N(c3ccc(Cl)c(Cl)c3)C(=O)[C@H]2ON1c1ccccc1. The van der Waals surface area contributed by atoms with Crippen molar-refractivity contribution in [3.8, 4) is 0 Å². The van der Waals surface area contributed by atoms with E-state index in [4.69, 9.17) is 28.0 Å². The zero-order valence-electron chi connectivity index (χ0n) is 15.5. The molecule has 2 amide bonds. The van der Waals surface area contributed by atoms with E-state index in [-0.39, 0.29) is 17.9 Å². The Labute approximate surface area is 173 Å². The summed E-state index contributed by atoms with van der Waals surface area (Å²) in [6.45, 7) is 4.18. The topological polar surface area (TPSA) is 49.9 Å². The van der Waals surface area contributed by atoms with Crippen LogP contribution < -0.4 is 9.96 Å². The summed E-state index contributed by atoms with van der Waals surface area (Å²) < 4.78 is 0. The third-order valence-corrected chi connectivity index (χ3v) is 5.86. The van der Waals surface area contributed by atoms with Crippen molar-refractivity contribution in [1.29, 1.82) is 0 Å². The zero-order valence-corrected chi connectivity index (χ0v) is 17.0. The number of hydrogen-bond donors (Lipinski definition) is 0. The van der Waals surface area contributed by atoms with Gasteiger partial charge in [-0.1, -0.05) is 55.2 Å². The molecule has 0 N–H and O–H groups in total. The zero-order chi connectivity index (χ0) is 20.0. The normalized spacial score (nSPS) is 24.4. The molecule has 146 valence electrons. The quantitative estimate of drug-likeness (QED) is 0.674. The lowest BCUT2D eigenvalue weighted by atomic mass is 9.90. The molecule has 0 unspecified atom stereocenters. The van der Waals surface area contributed by atoms with E-state index < -0.39 is 12.0 Å². The van der Waals surface area contributed by atoms with E-state index in [1.165, 1.54) is 11.0 Å². The van der Waals surface area contributed by atoms with Crippen LogP contribution in [0.15, 0.2) is 48.5 Å². The largest absolute Gasteiger partial charge is 0.273 e. The fourth-order valence-electron chi connectivity index (χ4n) is 3.92. The van der Waals surface area contributed by atoms with Crippen LogP contribution in [0.5, 0.6) is 0 Å². The minimum absolute atomic E-state index is 0.225. The van der Waals surface area contributed by atoms with Gasteiger partial charge in [0.2, 0.25) is 5.91 Å². The van der Waals surface area contributed by atoms with Gasteiger partial charge >= 0.3 is 0 Å². The molecule has 2 heterocycles. The van der Waals surface area contributed by atoms with E-state index in [9.17, 15) is 9.59 Å². The van der Waals surface area contributed by atoms with Crippen molar-refractivity contribution in [3.05, 3.63) is 58.6 Å². The van der Waals surface area contributed by atoms with Crippen LogP contribution in [0.25, 0.3) is 0 Å². The van der Waals surface area contributed by atoms with Gasteiger partial charge < -0.3 is 0 Å². The van der Waals surface area contributed by atoms with E-state index in [1.807, 2.05) is 30.3 Å². The number of hydrogen-bond acceptors (Lipinski definition) is 4. The average Bonchev–Trinajstić information content (AvgIpc) is 3.14. The van der Waals surface area contributed by atoms with E-state index in [0.29, 0.717) is 21.7 Å². The third-order valence-electron chi connectivity index (χ3n) is 5.12. The Kier molecular flexibility index (Phi) is 5.08. The maximum atomic E-state index is 13.3. The van der Waals surface area contributed by atoms with Crippen LogP contribution in [0.2, 0.25) is 10.0 Å². The van der Waals surface area contributed by atoms with Crippen LogP contribution in [-0.2, 0) is 14.4 Å². The highest BCUT2D eigenvalue weighted by atomic mass is 35.5. The Morgan fingerprint density at radius 2 is 1.68 bits per heavy atom. The monoisotopic (exact) mass is 418 g/mol. The smallest absolute Gasteiger partial charge is 0.266 e. The molecule has 0 radical (unpaired) electrons. The molecule has 0 bridgehead atoms. The number of para-hydroxylation sites is 1. The molecule has 0 aromatic heterocycles. The van der Waals surface area contributed by atoms with Crippen molar-refractivity contribution in [3.63, 3.8) is 0 Å². The van der Waals surface area contributed by atoms with Crippen molar-refractivity contribution in [1.82, 2.24) is 0 Å². The van der Waals surface area contributed by atoms with Crippen LogP contribution in [0.4, 0.5) is 11.4 Å². The summed E-state index contributed by atoms with van der Waals surface area (Å²) in [5, 5.41) is 2.40. The second-order valence-corrected chi connectivity index (χ2v) is 8.33. The van der Waals surface area contributed by atoms with E-state index in [0.717, 1.165) is 12.1 Å². The van der Waals surface area contributed by atoms with Gasteiger partial charge in [0.15, 0.2) is 6.10 Å². The summed E-state index contributed by atoms with van der Waals surface area (Å²) in [6, 6.07) is 14.1. The van der Waals surface area contributed by atoms with Crippen LogP contribution >= 0.6 is 23.2 Å². The maximum Gasteiger partial charge on any atom is 0.266 e. The van der Waals surface area contributed by atoms with Crippen molar-refractivity contribution < 1.29 is 14.4 Å². The molecular weight excluding hydrogens is 399 g/mol. The molecule has 2 aliphatic rings. The summed E-state index contributed by atoms with van der Waals surface area (Å²) in [5.41, 5.74) is 1.25. The van der Waals surface area contributed by atoms with Gasteiger partial charge in [-0.15, -0.1) is 0 Å². The maximum absolute atomic E-state index is 13.3. The second kappa shape index (κ2) is 7.39.